The lowest BCUT2D eigenvalue weighted by Crippen LogP contribution is -2.34. The van der Waals surface area contributed by atoms with Crippen LogP contribution >= 0.6 is 11.6 Å². The molecule has 0 saturated heterocycles. The van der Waals surface area contributed by atoms with Crippen molar-refractivity contribution in [1.82, 2.24) is 5.32 Å². The summed E-state index contributed by atoms with van der Waals surface area (Å²) in [6.45, 7) is 4.52. The number of rotatable bonds is 5. The Morgan fingerprint density at radius 3 is 2.19 bits per heavy atom. The number of hydrogen-bond donors (Lipinski definition) is 1. The first-order valence-electron chi connectivity index (χ1n) is 5.27. The van der Waals surface area contributed by atoms with Crippen molar-refractivity contribution < 1.29 is 8.78 Å². The lowest BCUT2D eigenvalue weighted by molar-refractivity contribution is 0.429. The molecule has 0 aliphatic heterocycles. The maximum absolute atomic E-state index is 12.9. The summed E-state index contributed by atoms with van der Waals surface area (Å²) < 4.78 is 25.8. The summed E-state index contributed by atoms with van der Waals surface area (Å²) in [7, 11) is 0. The Morgan fingerprint density at radius 2 is 1.75 bits per heavy atom. The lowest BCUT2D eigenvalue weighted by Gasteiger charge is -2.19. The molecule has 1 atom stereocenters. The van der Waals surface area contributed by atoms with E-state index in [0.29, 0.717) is 23.9 Å². The maximum atomic E-state index is 12.9. The monoisotopic (exact) mass is 247 g/mol. The van der Waals surface area contributed by atoms with Gasteiger partial charge in [-0.05, 0) is 23.6 Å². The van der Waals surface area contributed by atoms with E-state index < -0.39 is 11.6 Å². The van der Waals surface area contributed by atoms with Crippen molar-refractivity contribution in [2.24, 2.45) is 5.92 Å². The zero-order valence-corrected chi connectivity index (χ0v) is 10.2. The van der Waals surface area contributed by atoms with Crippen LogP contribution in [0.5, 0.6) is 0 Å². The van der Waals surface area contributed by atoms with Crippen molar-refractivity contribution in [3.8, 4) is 0 Å². The highest BCUT2D eigenvalue weighted by Gasteiger charge is 2.11. The molecule has 0 spiro atoms. The van der Waals surface area contributed by atoms with Crippen LogP contribution in [0.2, 0.25) is 0 Å². The summed E-state index contributed by atoms with van der Waals surface area (Å²) in [6.07, 6.45) is 0. The Labute approximate surface area is 99.8 Å². The summed E-state index contributed by atoms with van der Waals surface area (Å²) in [5.74, 6) is -0.237. The van der Waals surface area contributed by atoms with Crippen LogP contribution in [-0.4, -0.2) is 11.9 Å². The third-order valence-corrected chi connectivity index (χ3v) is 2.79. The quantitative estimate of drug-likeness (QED) is 0.787. The Hall–Kier alpha value is -0.670. The van der Waals surface area contributed by atoms with Crippen molar-refractivity contribution in [2.75, 3.05) is 5.88 Å². The highest BCUT2D eigenvalue weighted by Crippen LogP contribution is 2.09. The van der Waals surface area contributed by atoms with Gasteiger partial charge in [0, 0.05) is 24.5 Å². The van der Waals surface area contributed by atoms with Crippen LogP contribution in [0, 0.1) is 17.6 Å². The van der Waals surface area contributed by atoms with Gasteiger partial charge < -0.3 is 5.32 Å². The van der Waals surface area contributed by atoms with Crippen LogP contribution in [0.25, 0.3) is 0 Å². The first-order chi connectivity index (χ1) is 7.52. The van der Waals surface area contributed by atoms with E-state index >= 15 is 0 Å². The molecule has 1 aromatic rings. The Kier molecular flexibility index (Phi) is 5.16. The predicted molar refractivity (Wildman–Crippen MR) is 62.5 cm³/mol. The molecule has 90 valence electrons. The van der Waals surface area contributed by atoms with Gasteiger partial charge in [0.25, 0.3) is 0 Å². The van der Waals surface area contributed by atoms with Crippen LogP contribution in [0.15, 0.2) is 18.2 Å². The van der Waals surface area contributed by atoms with Crippen LogP contribution < -0.4 is 5.32 Å². The van der Waals surface area contributed by atoms with Gasteiger partial charge in [0.1, 0.15) is 11.6 Å². The normalized spacial score (nSPS) is 13.1. The van der Waals surface area contributed by atoms with Gasteiger partial charge in [0.05, 0.1) is 0 Å². The standard InChI is InChI=1S/C12H16ClF2N/c1-8(2)12(6-13)16-7-9-3-10(14)5-11(15)4-9/h3-5,8,12,16H,6-7H2,1-2H3. The van der Waals surface area contributed by atoms with Crippen LogP contribution in [-0.2, 0) is 6.54 Å². The van der Waals surface area contributed by atoms with E-state index in [0.717, 1.165) is 6.07 Å². The first-order valence-corrected chi connectivity index (χ1v) is 5.80. The number of nitrogens with one attached hydrogen (secondary N) is 1. The van der Waals surface area contributed by atoms with Gasteiger partial charge >= 0.3 is 0 Å². The van der Waals surface area contributed by atoms with Gasteiger partial charge in [-0.15, -0.1) is 11.6 Å². The minimum atomic E-state index is -0.552. The summed E-state index contributed by atoms with van der Waals surface area (Å²) in [5, 5.41) is 3.17. The molecule has 1 rings (SSSR count). The molecular weight excluding hydrogens is 232 g/mol. The molecule has 0 aliphatic carbocycles. The third-order valence-electron chi connectivity index (χ3n) is 2.46. The van der Waals surface area contributed by atoms with Crippen molar-refractivity contribution in [2.45, 2.75) is 26.4 Å². The second-order valence-corrected chi connectivity index (χ2v) is 4.47. The van der Waals surface area contributed by atoms with Crippen LogP contribution in [0.1, 0.15) is 19.4 Å². The Morgan fingerprint density at radius 1 is 1.19 bits per heavy atom. The number of halogens is 3. The molecule has 1 nitrogen and oxygen atoms in total. The second-order valence-electron chi connectivity index (χ2n) is 4.16. The molecule has 1 N–H and O–H groups in total. The summed E-state index contributed by atoms with van der Waals surface area (Å²) in [5.41, 5.74) is 0.591. The topological polar surface area (TPSA) is 12.0 Å². The fourth-order valence-corrected chi connectivity index (χ4v) is 1.90. The van der Waals surface area contributed by atoms with Gasteiger partial charge in [-0.25, -0.2) is 8.78 Å². The molecule has 4 heteroatoms. The summed E-state index contributed by atoms with van der Waals surface area (Å²) >= 11 is 5.78. The fourth-order valence-electron chi connectivity index (χ4n) is 1.43. The lowest BCUT2D eigenvalue weighted by atomic mass is 10.1. The van der Waals surface area contributed by atoms with Gasteiger partial charge in [-0.3, -0.25) is 0 Å². The van der Waals surface area contributed by atoms with Crippen LogP contribution in [0.3, 0.4) is 0 Å². The molecule has 0 heterocycles. The van der Waals surface area contributed by atoms with E-state index in [1.54, 1.807) is 0 Å². The summed E-state index contributed by atoms with van der Waals surface area (Å²) in [6, 6.07) is 3.65. The van der Waals surface area contributed by atoms with Gasteiger partial charge in [-0.1, -0.05) is 13.8 Å². The molecule has 1 unspecified atom stereocenters. The van der Waals surface area contributed by atoms with Crippen LogP contribution in [0.4, 0.5) is 8.78 Å². The zero-order valence-electron chi connectivity index (χ0n) is 9.43. The van der Waals surface area contributed by atoms with E-state index in [2.05, 4.69) is 5.32 Å². The third kappa shape index (κ3) is 4.06. The highest BCUT2D eigenvalue weighted by molar-refractivity contribution is 6.18. The molecule has 0 aliphatic rings. The number of hydrogen-bond acceptors (Lipinski definition) is 1. The largest absolute Gasteiger partial charge is 0.308 e. The Balaban J connectivity index is 2.60. The van der Waals surface area contributed by atoms with Gasteiger partial charge in [0.15, 0.2) is 0 Å². The second kappa shape index (κ2) is 6.16. The average Bonchev–Trinajstić information content (AvgIpc) is 2.16. The fraction of sp³-hybridized carbons (Fsp3) is 0.500. The SMILES string of the molecule is CC(C)C(CCl)NCc1cc(F)cc(F)c1. The molecule has 0 radical (unpaired) electrons. The van der Waals surface area contributed by atoms with E-state index in [1.165, 1.54) is 12.1 Å². The molecule has 0 aromatic heterocycles. The van der Waals surface area contributed by atoms with Crippen molar-refractivity contribution in [3.05, 3.63) is 35.4 Å². The Bertz CT molecular complexity index is 322. The van der Waals surface area contributed by atoms with E-state index in [1.807, 2.05) is 13.8 Å². The minimum absolute atomic E-state index is 0.146. The summed E-state index contributed by atoms with van der Waals surface area (Å²) in [4.78, 5) is 0. The molecule has 16 heavy (non-hydrogen) atoms. The average molecular weight is 248 g/mol. The van der Waals surface area contributed by atoms with E-state index in [-0.39, 0.29) is 6.04 Å². The molecule has 0 amide bonds. The van der Waals surface area contributed by atoms with E-state index in [9.17, 15) is 8.78 Å². The molecule has 0 fully saturated rings. The van der Waals surface area contributed by atoms with Crippen molar-refractivity contribution >= 4 is 11.6 Å². The molecule has 1 aromatic carbocycles. The first kappa shape index (κ1) is 13.4. The molecule has 0 saturated carbocycles. The maximum Gasteiger partial charge on any atom is 0.126 e. The van der Waals surface area contributed by atoms with Gasteiger partial charge in [-0.2, -0.15) is 0 Å². The number of benzene rings is 1. The highest BCUT2D eigenvalue weighted by atomic mass is 35.5. The molecule has 0 bridgehead atoms. The zero-order chi connectivity index (χ0) is 12.1. The van der Waals surface area contributed by atoms with E-state index in [4.69, 9.17) is 11.6 Å². The van der Waals surface area contributed by atoms with Gasteiger partial charge in [0.2, 0.25) is 0 Å². The van der Waals surface area contributed by atoms with Crippen molar-refractivity contribution in [1.29, 1.82) is 0 Å². The van der Waals surface area contributed by atoms with Crippen molar-refractivity contribution in [3.63, 3.8) is 0 Å². The predicted octanol–water partition coefficient (Wildman–Crippen LogP) is 3.32. The minimum Gasteiger partial charge on any atom is -0.308 e. The number of alkyl halides is 1. The smallest absolute Gasteiger partial charge is 0.126 e. The molecular formula is C12H16ClF2N.